The van der Waals surface area contributed by atoms with Crippen LogP contribution in [0, 0.1) is 5.92 Å². The van der Waals surface area contributed by atoms with Crippen LogP contribution in [0.1, 0.15) is 25.6 Å². The van der Waals surface area contributed by atoms with Crippen LogP contribution < -0.4 is 0 Å². The summed E-state index contributed by atoms with van der Waals surface area (Å²) in [6.07, 6.45) is 7.60. The zero-order chi connectivity index (χ0) is 14.7. The second kappa shape index (κ2) is 5.99. The van der Waals surface area contributed by atoms with Crippen LogP contribution in [0.4, 0.5) is 0 Å². The molecule has 1 saturated heterocycles. The van der Waals surface area contributed by atoms with Gasteiger partial charge in [-0.3, -0.25) is 9.78 Å². The molecule has 1 atom stereocenters. The summed E-state index contributed by atoms with van der Waals surface area (Å²) in [6.45, 7) is 3.23. The number of carbonyl (C=O) groups is 1. The maximum atomic E-state index is 11.4. The molecule has 7 nitrogen and oxygen atoms in total. The van der Waals surface area contributed by atoms with Gasteiger partial charge in [0.25, 0.3) is 5.89 Å². The zero-order valence-electron chi connectivity index (χ0n) is 11.9. The topological polar surface area (TPSA) is 85.0 Å². The number of piperidine rings is 1. The predicted octanol–water partition coefficient (Wildman–Crippen LogP) is 1.33. The van der Waals surface area contributed by atoms with Gasteiger partial charge in [0, 0.05) is 38.8 Å². The Morgan fingerprint density at radius 3 is 3.14 bits per heavy atom. The van der Waals surface area contributed by atoms with Crippen LogP contribution in [-0.2, 0) is 11.2 Å². The molecule has 0 radical (unpaired) electrons. The van der Waals surface area contributed by atoms with Crippen molar-refractivity contribution in [3.63, 3.8) is 0 Å². The number of nitrogens with zero attached hydrogens (tertiary/aromatic N) is 5. The number of amides is 1. The van der Waals surface area contributed by atoms with E-state index in [9.17, 15) is 4.79 Å². The molecule has 21 heavy (non-hydrogen) atoms. The molecule has 0 bridgehead atoms. The van der Waals surface area contributed by atoms with E-state index in [1.807, 2.05) is 4.90 Å². The van der Waals surface area contributed by atoms with E-state index in [1.54, 1.807) is 25.5 Å². The summed E-state index contributed by atoms with van der Waals surface area (Å²) in [7, 11) is 0. The van der Waals surface area contributed by atoms with E-state index < -0.39 is 0 Å². The maximum Gasteiger partial charge on any atom is 0.278 e. The Kier molecular flexibility index (Phi) is 3.89. The third kappa shape index (κ3) is 3.24. The monoisotopic (exact) mass is 287 g/mol. The Labute approximate surface area is 122 Å². The molecule has 3 heterocycles. The molecule has 110 valence electrons. The van der Waals surface area contributed by atoms with E-state index in [-0.39, 0.29) is 5.91 Å². The van der Waals surface area contributed by atoms with Crippen molar-refractivity contribution in [3.8, 4) is 11.6 Å². The summed E-state index contributed by atoms with van der Waals surface area (Å²) in [5.74, 6) is 1.56. The molecule has 2 aromatic heterocycles. The molecule has 1 amide bonds. The van der Waals surface area contributed by atoms with E-state index in [0.717, 1.165) is 25.9 Å². The molecule has 0 saturated carbocycles. The second-order valence-electron chi connectivity index (χ2n) is 5.28. The van der Waals surface area contributed by atoms with Crippen molar-refractivity contribution in [2.45, 2.75) is 26.2 Å². The van der Waals surface area contributed by atoms with Crippen LogP contribution in [0.3, 0.4) is 0 Å². The standard InChI is InChI=1S/C14H17N5O2/c1-10(20)19-6-2-3-11(9-19)7-13-17-14(21-18-13)12-8-15-4-5-16-12/h4-5,8,11H,2-3,6-7,9H2,1H3. The first-order chi connectivity index (χ1) is 10.2. The Bertz CT molecular complexity index is 613. The number of hydrogen-bond acceptors (Lipinski definition) is 6. The van der Waals surface area contributed by atoms with Gasteiger partial charge in [0.2, 0.25) is 5.91 Å². The SMILES string of the molecule is CC(=O)N1CCCC(Cc2noc(-c3cnccn3)n2)C1. The van der Waals surface area contributed by atoms with Gasteiger partial charge in [0.05, 0.1) is 6.20 Å². The Morgan fingerprint density at radius 2 is 2.38 bits per heavy atom. The van der Waals surface area contributed by atoms with E-state index in [1.165, 1.54) is 0 Å². The highest BCUT2D eigenvalue weighted by atomic mass is 16.5. The smallest absolute Gasteiger partial charge is 0.278 e. The van der Waals surface area contributed by atoms with Gasteiger partial charge < -0.3 is 9.42 Å². The lowest BCUT2D eigenvalue weighted by molar-refractivity contribution is -0.130. The largest absolute Gasteiger partial charge is 0.343 e. The molecule has 7 heteroatoms. The fourth-order valence-corrected chi connectivity index (χ4v) is 2.63. The molecule has 1 unspecified atom stereocenters. The number of aromatic nitrogens is 4. The predicted molar refractivity (Wildman–Crippen MR) is 74.0 cm³/mol. The van der Waals surface area contributed by atoms with Gasteiger partial charge in [0.1, 0.15) is 5.69 Å². The highest BCUT2D eigenvalue weighted by Crippen LogP contribution is 2.21. The first-order valence-electron chi connectivity index (χ1n) is 7.07. The normalized spacial score (nSPS) is 18.7. The summed E-state index contributed by atoms with van der Waals surface area (Å²) in [4.78, 5) is 25.8. The highest BCUT2D eigenvalue weighted by molar-refractivity contribution is 5.73. The molecule has 0 N–H and O–H groups in total. The highest BCUT2D eigenvalue weighted by Gasteiger charge is 2.23. The molecule has 0 aliphatic carbocycles. The minimum absolute atomic E-state index is 0.132. The van der Waals surface area contributed by atoms with Crippen LogP contribution in [0.2, 0.25) is 0 Å². The number of likely N-dealkylation sites (tertiary alicyclic amines) is 1. The minimum Gasteiger partial charge on any atom is -0.343 e. The lowest BCUT2D eigenvalue weighted by atomic mass is 9.94. The summed E-state index contributed by atoms with van der Waals surface area (Å²) >= 11 is 0. The van der Waals surface area contributed by atoms with Gasteiger partial charge in [-0.2, -0.15) is 4.98 Å². The summed E-state index contributed by atoms with van der Waals surface area (Å²) in [5.41, 5.74) is 0.574. The molecule has 2 aromatic rings. The maximum absolute atomic E-state index is 11.4. The average molecular weight is 287 g/mol. The van der Waals surface area contributed by atoms with E-state index in [0.29, 0.717) is 29.7 Å². The van der Waals surface area contributed by atoms with Crippen LogP contribution in [0.25, 0.3) is 11.6 Å². The molecule has 3 rings (SSSR count). The van der Waals surface area contributed by atoms with Gasteiger partial charge >= 0.3 is 0 Å². The Balaban J connectivity index is 1.66. The van der Waals surface area contributed by atoms with Gasteiger partial charge in [-0.15, -0.1) is 0 Å². The van der Waals surface area contributed by atoms with Crippen molar-refractivity contribution in [1.82, 2.24) is 25.0 Å². The first kappa shape index (κ1) is 13.7. The Hall–Kier alpha value is -2.31. The van der Waals surface area contributed by atoms with E-state index in [2.05, 4.69) is 20.1 Å². The Morgan fingerprint density at radius 1 is 1.48 bits per heavy atom. The van der Waals surface area contributed by atoms with Gasteiger partial charge in [-0.1, -0.05) is 5.16 Å². The quantitative estimate of drug-likeness (QED) is 0.846. The van der Waals surface area contributed by atoms with Gasteiger partial charge in [-0.05, 0) is 18.8 Å². The third-order valence-electron chi connectivity index (χ3n) is 3.69. The van der Waals surface area contributed by atoms with Crippen molar-refractivity contribution < 1.29 is 9.32 Å². The van der Waals surface area contributed by atoms with Crippen molar-refractivity contribution >= 4 is 5.91 Å². The molecule has 1 aliphatic rings. The third-order valence-corrected chi connectivity index (χ3v) is 3.69. The average Bonchev–Trinajstić information content (AvgIpc) is 2.97. The number of hydrogen-bond donors (Lipinski definition) is 0. The summed E-state index contributed by atoms with van der Waals surface area (Å²) < 4.78 is 5.22. The van der Waals surface area contributed by atoms with E-state index >= 15 is 0 Å². The van der Waals surface area contributed by atoms with Gasteiger partial charge in [0.15, 0.2) is 5.82 Å². The number of carbonyl (C=O) groups excluding carboxylic acids is 1. The molecular formula is C14H17N5O2. The zero-order valence-corrected chi connectivity index (χ0v) is 11.9. The van der Waals surface area contributed by atoms with Crippen molar-refractivity contribution in [2.75, 3.05) is 13.1 Å². The fraction of sp³-hybridized carbons (Fsp3) is 0.500. The molecule has 1 fully saturated rings. The second-order valence-corrected chi connectivity index (χ2v) is 5.28. The minimum atomic E-state index is 0.132. The molecule has 1 aliphatic heterocycles. The van der Waals surface area contributed by atoms with Gasteiger partial charge in [-0.25, -0.2) is 4.98 Å². The van der Waals surface area contributed by atoms with Crippen molar-refractivity contribution in [3.05, 3.63) is 24.4 Å². The summed E-state index contributed by atoms with van der Waals surface area (Å²) in [5, 5.41) is 4.00. The van der Waals surface area contributed by atoms with Crippen molar-refractivity contribution in [1.29, 1.82) is 0 Å². The number of rotatable bonds is 3. The van der Waals surface area contributed by atoms with Crippen molar-refractivity contribution in [2.24, 2.45) is 5.92 Å². The van der Waals surface area contributed by atoms with Crippen LogP contribution >= 0.6 is 0 Å². The first-order valence-corrected chi connectivity index (χ1v) is 7.07. The molecule has 0 aromatic carbocycles. The summed E-state index contributed by atoms with van der Waals surface area (Å²) in [6, 6.07) is 0. The lowest BCUT2D eigenvalue weighted by Crippen LogP contribution is -2.39. The van der Waals surface area contributed by atoms with Crippen LogP contribution in [-0.4, -0.2) is 44.0 Å². The molecular weight excluding hydrogens is 270 g/mol. The van der Waals surface area contributed by atoms with Crippen LogP contribution in [0.15, 0.2) is 23.1 Å². The van der Waals surface area contributed by atoms with E-state index in [4.69, 9.17) is 4.52 Å². The van der Waals surface area contributed by atoms with Crippen LogP contribution in [0.5, 0.6) is 0 Å². The molecule has 0 spiro atoms. The fourth-order valence-electron chi connectivity index (χ4n) is 2.63. The lowest BCUT2D eigenvalue weighted by Gasteiger charge is -2.31.